The molecule has 0 radical (unpaired) electrons. The molecule has 0 spiro atoms. The monoisotopic (exact) mass is 525 g/mol. The van der Waals surface area contributed by atoms with Crippen molar-refractivity contribution in [2.45, 2.75) is 44.8 Å². The molecule has 2 aromatic rings. The van der Waals surface area contributed by atoms with Crippen LogP contribution < -0.4 is 10.2 Å². The molecule has 0 saturated carbocycles. The topological polar surface area (TPSA) is 43.9 Å². The van der Waals surface area contributed by atoms with Gasteiger partial charge in [0.2, 0.25) is 0 Å². The number of anilines is 1. The van der Waals surface area contributed by atoms with E-state index in [-0.39, 0.29) is 17.6 Å². The highest BCUT2D eigenvalue weighted by Gasteiger charge is 2.41. The summed E-state index contributed by atoms with van der Waals surface area (Å²) in [6.07, 6.45) is 5.20. The molecule has 1 aromatic heterocycles. The Morgan fingerprint density at radius 3 is 2.69 bits per heavy atom. The zero-order chi connectivity index (χ0) is 25.4. The quantitative estimate of drug-likeness (QED) is 0.529. The molecule has 0 bridgehead atoms. The standard InChI is InChI=1S/C28H36ClN5OS/c1-19-18-28(2,3)32(4)24-17-22(29)21(16-20(19)24)26-25(23-8-5-6-9-30-23)31-27(36)34(26)11-7-10-33-12-14-35-15-13-33/h5-6,8-9,16-18,25-26H,7,10-15H2,1-4H3,(H,31,36)/t25-,26-/m0/s1. The van der Waals surface area contributed by atoms with Crippen molar-refractivity contribution < 1.29 is 4.74 Å². The highest BCUT2D eigenvalue weighted by Crippen LogP contribution is 2.46. The highest BCUT2D eigenvalue weighted by atomic mass is 35.5. The fourth-order valence-electron chi connectivity index (χ4n) is 5.69. The Morgan fingerprint density at radius 1 is 1.19 bits per heavy atom. The Bertz CT molecular complexity index is 1150. The summed E-state index contributed by atoms with van der Waals surface area (Å²) in [6.45, 7) is 12.2. The maximum Gasteiger partial charge on any atom is 0.170 e. The van der Waals surface area contributed by atoms with Crippen LogP contribution in [-0.4, -0.2) is 71.9 Å². The minimum Gasteiger partial charge on any atom is -0.379 e. The Hall–Kier alpha value is -2.19. The summed E-state index contributed by atoms with van der Waals surface area (Å²) in [4.78, 5) is 11.8. The van der Waals surface area contributed by atoms with Crippen molar-refractivity contribution >= 4 is 40.2 Å². The first-order chi connectivity index (χ1) is 17.3. The number of thiocarbonyl (C=S) groups is 1. The third-order valence-corrected chi connectivity index (χ3v) is 8.51. The fourth-order valence-corrected chi connectivity index (χ4v) is 6.29. The van der Waals surface area contributed by atoms with Crippen LogP contribution in [0.15, 0.2) is 42.6 Å². The number of nitrogens with one attached hydrogen (secondary N) is 1. The second-order valence-corrected chi connectivity index (χ2v) is 11.4. The van der Waals surface area contributed by atoms with Gasteiger partial charge in [0.15, 0.2) is 5.11 Å². The molecule has 1 N–H and O–H groups in total. The van der Waals surface area contributed by atoms with Crippen LogP contribution in [0.4, 0.5) is 5.69 Å². The highest BCUT2D eigenvalue weighted by molar-refractivity contribution is 7.80. The van der Waals surface area contributed by atoms with Gasteiger partial charge in [-0.3, -0.25) is 9.88 Å². The van der Waals surface area contributed by atoms with Gasteiger partial charge in [-0.15, -0.1) is 0 Å². The van der Waals surface area contributed by atoms with Crippen molar-refractivity contribution in [1.29, 1.82) is 0 Å². The van der Waals surface area contributed by atoms with Gasteiger partial charge in [0, 0.05) is 55.7 Å². The van der Waals surface area contributed by atoms with Gasteiger partial charge in [0.25, 0.3) is 0 Å². The molecule has 0 amide bonds. The third-order valence-electron chi connectivity index (χ3n) is 7.83. The zero-order valence-corrected chi connectivity index (χ0v) is 23.2. The second-order valence-electron chi connectivity index (χ2n) is 10.6. The van der Waals surface area contributed by atoms with Crippen LogP contribution in [0.25, 0.3) is 5.57 Å². The van der Waals surface area contributed by atoms with Crippen molar-refractivity contribution in [2.24, 2.45) is 0 Å². The van der Waals surface area contributed by atoms with Crippen molar-refractivity contribution in [3.05, 3.63) is 64.4 Å². The molecule has 4 heterocycles. The minimum atomic E-state index is -0.0697. The molecular weight excluding hydrogens is 490 g/mol. The van der Waals surface area contributed by atoms with E-state index in [4.69, 9.17) is 28.6 Å². The van der Waals surface area contributed by atoms with E-state index in [0.29, 0.717) is 0 Å². The van der Waals surface area contributed by atoms with Crippen LogP contribution in [0, 0.1) is 0 Å². The lowest BCUT2D eigenvalue weighted by molar-refractivity contribution is 0.0365. The van der Waals surface area contributed by atoms with Gasteiger partial charge in [-0.2, -0.15) is 0 Å². The van der Waals surface area contributed by atoms with Gasteiger partial charge in [-0.25, -0.2) is 0 Å². The van der Waals surface area contributed by atoms with Crippen molar-refractivity contribution in [1.82, 2.24) is 20.1 Å². The predicted molar refractivity (Wildman–Crippen MR) is 152 cm³/mol. The molecule has 5 rings (SSSR count). The smallest absolute Gasteiger partial charge is 0.170 e. The van der Waals surface area contributed by atoms with Crippen LogP contribution in [-0.2, 0) is 4.74 Å². The summed E-state index contributed by atoms with van der Waals surface area (Å²) < 4.78 is 5.51. The number of halogens is 1. The lowest BCUT2D eigenvalue weighted by Crippen LogP contribution is -2.42. The van der Waals surface area contributed by atoms with E-state index in [1.807, 2.05) is 18.3 Å². The zero-order valence-electron chi connectivity index (χ0n) is 21.6. The van der Waals surface area contributed by atoms with Crippen molar-refractivity contribution in [3.63, 3.8) is 0 Å². The largest absolute Gasteiger partial charge is 0.379 e. The van der Waals surface area contributed by atoms with Gasteiger partial charge in [0.1, 0.15) is 0 Å². The number of benzene rings is 1. The number of fused-ring (bicyclic) bond motifs is 1. The molecule has 8 heteroatoms. The van der Waals surface area contributed by atoms with E-state index >= 15 is 0 Å². The Kier molecular flexibility index (Phi) is 7.27. The van der Waals surface area contributed by atoms with Crippen molar-refractivity contribution in [2.75, 3.05) is 51.3 Å². The first kappa shape index (κ1) is 25.5. The number of rotatable bonds is 6. The van der Waals surface area contributed by atoms with Crippen molar-refractivity contribution in [3.8, 4) is 0 Å². The summed E-state index contributed by atoms with van der Waals surface area (Å²) in [6, 6.07) is 10.3. The Morgan fingerprint density at radius 2 is 1.97 bits per heavy atom. The van der Waals surface area contributed by atoms with Crippen LogP contribution >= 0.6 is 23.8 Å². The van der Waals surface area contributed by atoms with Gasteiger partial charge < -0.3 is 19.9 Å². The third kappa shape index (κ3) is 4.86. The molecule has 3 aliphatic heterocycles. The van der Waals surface area contributed by atoms with Crippen LogP contribution in [0.2, 0.25) is 5.02 Å². The molecule has 192 valence electrons. The molecule has 3 aliphatic rings. The first-order valence-electron chi connectivity index (χ1n) is 12.8. The van der Waals surface area contributed by atoms with Crippen LogP contribution in [0.3, 0.4) is 0 Å². The normalized spacial score (nSPS) is 23.9. The molecular formula is C28H36ClN5OS. The number of morpholine rings is 1. The molecule has 2 saturated heterocycles. The van der Waals surface area contributed by atoms with E-state index < -0.39 is 0 Å². The molecule has 0 unspecified atom stereocenters. The number of ether oxygens (including phenoxy) is 1. The van der Waals surface area contributed by atoms with E-state index in [0.717, 1.165) is 72.9 Å². The molecule has 2 fully saturated rings. The van der Waals surface area contributed by atoms with E-state index in [1.165, 1.54) is 11.1 Å². The lowest BCUT2D eigenvalue weighted by Gasteiger charge is -2.41. The summed E-state index contributed by atoms with van der Waals surface area (Å²) in [5, 5.41) is 5.10. The number of nitrogens with zero attached hydrogens (tertiary/aromatic N) is 4. The van der Waals surface area contributed by atoms with E-state index in [1.54, 1.807) is 0 Å². The summed E-state index contributed by atoms with van der Waals surface area (Å²) in [5.74, 6) is 0. The predicted octanol–water partition coefficient (Wildman–Crippen LogP) is 5.06. The maximum absolute atomic E-state index is 7.08. The number of allylic oxidation sites excluding steroid dienone is 1. The average molecular weight is 526 g/mol. The maximum atomic E-state index is 7.08. The number of pyridine rings is 1. The summed E-state index contributed by atoms with van der Waals surface area (Å²) in [7, 11) is 2.14. The molecule has 6 nitrogen and oxygen atoms in total. The molecule has 2 atom stereocenters. The van der Waals surface area contributed by atoms with Gasteiger partial charge >= 0.3 is 0 Å². The van der Waals surface area contributed by atoms with Crippen LogP contribution in [0.5, 0.6) is 0 Å². The van der Waals surface area contributed by atoms with Gasteiger partial charge in [-0.1, -0.05) is 23.7 Å². The lowest BCUT2D eigenvalue weighted by atomic mass is 9.86. The van der Waals surface area contributed by atoms with Crippen LogP contribution in [0.1, 0.15) is 56.1 Å². The summed E-state index contributed by atoms with van der Waals surface area (Å²) in [5.41, 5.74) is 5.65. The van der Waals surface area contributed by atoms with E-state index in [9.17, 15) is 0 Å². The number of likely N-dealkylation sites (N-methyl/N-ethyl adjacent to an activating group) is 1. The van der Waals surface area contributed by atoms with Gasteiger partial charge in [-0.05, 0) is 74.8 Å². The number of aromatic nitrogens is 1. The SMILES string of the molecule is CC1=CC(C)(C)N(C)c2cc(Cl)c([C@H]3[C@H](c4ccccn4)NC(=S)N3CCCN3CCOCC3)cc21. The van der Waals surface area contributed by atoms with E-state index in [2.05, 4.69) is 77.1 Å². The first-order valence-corrected chi connectivity index (χ1v) is 13.6. The average Bonchev–Trinajstić information content (AvgIpc) is 3.19. The number of hydrogen-bond acceptors (Lipinski definition) is 5. The number of hydrogen-bond donors (Lipinski definition) is 1. The molecule has 36 heavy (non-hydrogen) atoms. The summed E-state index contributed by atoms with van der Waals surface area (Å²) >= 11 is 13.0. The Balaban J connectivity index is 1.50. The Labute approximate surface area is 225 Å². The second kappa shape index (κ2) is 10.3. The minimum absolute atomic E-state index is 0.0390. The van der Waals surface area contributed by atoms with Gasteiger partial charge in [0.05, 0.1) is 36.5 Å². The molecule has 1 aromatic carbocycles. The fraction of sp³-hybridized carbons (Fsp3) is 0.500. The molecule has 0 aliphatic carbocycles.